The Kier molecular flexibility index (Phi) is 5.98. The van der Waals surface area contributed by atoms with Crippen molar-refractivity contribution in [1.29, 1.82) is 0 Å². The molecule has 0 aliphatic carbocycles. The van der Waals surface area contributed by atoms with Crippen LogP contribution in [0.25, 0.3) is 0 Å². The molecule has 1 saturated heterocycles. The predicted molar refractivity (Wildman–Crippen MR) is 123 cm³/mol. The highest BCUT2D eigenvalue weighted by molar-refractivity contribution is 6.32. The number of amides is 1. The van der Waals surface area contributed by atoms with Crippen LogP contribution in [-0.2, 0) is 18.3 Å². The maximum atomic E-state index is 13.6. The molecule has 1 aromatic carbocycles. The number of nitrogens with one attached hydrogen (secondary N) is 1. The first kappa shape index (κ1) is 24.0. The number of halogens is 4. The third-order valence-corrected chi connectivity index (χ3v) is 6.63. The SMILES string of the molecule is CC(C)Oc1ccc(C(=O)N2CCC3(CC2)NC(C)(C)Cn2c(C(F)(F)F)ccc23)cc1Cl.[HH]. The molecule has 33 heavy (non-hydrogen) atoms. The largest absolute Gasteiger partial charge is 0.489 e. The summed E-state index contributed by atoms with van der Waals surface area (Å²) in [5, 5.41) is 3.97. The summed E-state index contributed by atoms with van der Waals surface area (Å²) in [4.78, 5) is 14.9. The molecule has 0 unspecified atom stereocenters. The summed E-state index contributed by atoms with van der Waals surface area (Å²) in [6.45, 7) is 8.71. The molecule has 2 aliphatic heterocycles. The molecule has 0 atom stereocenters. The van der Waals surface area contributed by atoms with Gasteiger partial charge in [-0.15, -0.1) is 0 Å². The summed E-state index contributed by atoms with van der Waals surface area (Å²) in [5.74, 6) is 0.375. The minimum Gasteiger partial charge on any atom is -0.489 e. The molecule has 4 rings (SSSR count). The molecule has 1 N–H and O–H groups in total. The van der Waals surface area contributed by atoms with E-state index in [2.05, 4.69) is 5.32 Å². The van der Waals surface area contributed by atoms with Gasteiger partial charge in [0.25, 0.3) is 5.91 Å². The van der Waals surface area contributed by atoms with E-state index in [-0.39, 0.29) is 20.0 Å². The van der Waals surface area contributed by atoms with Gasteiger partial charge in [-0.05, 0) is 70.9 Å². The van der Waals surface area contributed by atoms with E-state index < -0.39 is 22.9 Å². The summed E-state index contributed by atoms with van der Waals surface area (Å²) >= 11 is 6.30. The van der Waals surface area contributed by atoms with E-state index in [0.29, 0.717) is 48.0 Å². The van der Waals surface area contributed by atoms with Gasteiger partial charge < -0.3 is 14.2 Å². The van der Waals surface area contributed by atoms with E-state index in [1.807, 2.05) is 27.7 Å². The Morgan fingerprint density at radius 3 is 2.42 bits per heavy atom. The molecule has 0 radical (unpaired) electrons. The van der Waals surface area contributed by atoms with Crippen molar-refractivity contribution in [2.24, 2.45) is 0 Å². The van der Waals surface area contributed by atoms with Crippen LogP contribution in [0.1, 0.15) is 63.7 Å². The molecule has 182 valence electrons. The number of carbonyl (C=O) groups is 1. The van der Waals surface area contributed by atoms with Crippen LogP contribution in [0.3, 0.4) is 0 Å². The van der Waals surface area contributed by atoms with Gasteiger partial charge in [0.1, 0.15) is 11.4 Å². The first-order valence-electron chi connectivity index (χ1n) is 11.1. The van der Waals surface area contributed by atoms with Crippen molar-refractivity contribution >= 4 is 17.5 Å². The average molecular weight is 486 g/mol. The van der Waals surface area contributed by atoms with Gasteiger partial charge in [-0.2, -0.15) is 13.2 Å². The number of hydrogen-bond donors (Lipinski definition) is 1. The Balaban J connectivity index is 0.00000324. The molecule has 0 saturated carbocycles. The van der Waals surface area contributed by atoms with E-state index in [9.17, 15) is 18.0 Å². The van der Waals surface area contributed by atoms with Crippen molar-refractivity contribution in [3.05, 3.63) is 52.3 Å². The Labute approximate surface area is 198 Å². The van der Waals surface area contributed by atoms with Crippen LogP contribution >= 0.6 is 11.6 Å². The van der Waals surface area contributed by atoms with Crippen LogP contribution in [-0.4, -0.2) is 40.1 Å². The fourth-order valence-corrected chi connectivity index (χ4v) is 5.31. The molecular weight excluding hydrogens is 455 g/mol. The standard InChI is InChI=1S/C24H29ClF3N3O2.H2/c1-15(2)33-18-6-5-16(13-17(18)25)21(32)30-11-9-23(10-12-30)19-7-8-20(24(26,27)28)31(19)14-22(3,4)29-23;/h5-8,13,15,29H,9-12,14H2,1-4H3;1H. The maximum Gasteiger partial charge on any atom is 0.431 e. The number of nitrogens with zero attached hydrogens (tertiary/aromatic N) is 2. The summed E-state index contributed by atoms with van der Waals surface area (Å²) in [5.41, 5.74) is -0.651. The Morgan fingerprint density at radius 1 is 1.18 bits per heavy atom. The summed E-state index contributed by atoms with van der Waals surface area (Å²) in [7, 11) is 0. The lowest BCUT2D eigenvalue weighted by Crippen LogP contribution is -2.63. The number of benzene rings is 1. The quantitative estimate of drug-likeness (QED) is 0.606. The number of rotatable bonds is 3. The number of likely N-dealkylation sites (tertiary alicyclic amines) is 1. The number of ether oxygens (including phenoxy) is 1. The van der Waals surface area contributed by atoms with Gasteiger partial charge in [0.15, 0.2) is 0 Å². The third kappa shape index (κ3) is 4.60. The van der Waals surface area contributed by atoms with Crippen molar-refractivity contribution < 1.29 is 24.1 Å². The van der Waals surface area contributed by atoms with Crippen LogP contribution < -0.4 is 10.1 Å². The summed E-state index contributed by atoms with van der Waals surface area (Å²) in [6.07, 6.45) is -3.41. The number of alkyl halides is 3. The first-order valence-corrected chi connectivity index (χ1v) is 11.5. The van der Waals surface area contributed by atoms with Crippen LogP contribution in [0.15, 0.2) is 30.3 Å². The molecule has 2 aromatic rings. The van der Waals surface area contributed by atoms with E-state index in [1.165, 1.54) is 10.6 Å². The molecule has 1 fully saturated rings. The van der Waals surface area contributed by atoms with Crippen LogP contribution in [0.4, 0.5) is 13.2 Å². The van der Waals surface area contributed by atoms with Crippen molar-refractivity contribution in [1.82, 2.24) is 14.8 Å². The lowest BCUT2D eigenvalue weighted by Gasteiger charge is -2.51. The average Bonchev–Trinajstić information content (AvgIpc) is 3.13. The van der Waals surface area contributed by atoms with E-state index in [1.54, 1.807) is 29.2 Å². The topological polar surface area (TPSA) is 46.5 Å². The lowest BCUT2D eigenvalue weighted by atomic mass is 9.79. The van der Waals surface area contributed by atoms with Gasteiger partial charge in [-0.25, -0.2) is 0 Å². The van der Waals surface area contributed by atoms with Crippen LogP contribution in [0, 0.1) is 0 Å². The molecule has 1 aromatic heterocycles. The maximum absolute atomic E-state index is 13.6. The number of hydrogen-bond acceptors (Lipinski definition) is 3. The zero-order chi connectivity index (χ0) is 24.2. The Bertz CT molecular complexity index is 1060. The molecule has 3 heterocycles. The monoisotopic (exact) mass is 485 g/mol. The fourth-order valence-electron chi connectivity index (χ4n) is 5.09. The summed E-state index contributed by atoms with van der Waals surface area (Å²) < 4.78 is 47.8. The first-order chi connectivity index (χ1) is 15.3. The van der Waals surface area contributed by atoms with Gasteiger partial charge in [0.2, 0.25) is 0 Å². The second-order valence-electron chi connectivity index (χ2n) is 9.88. The molecular formula is C24H31ClF3N3O2. The van der Waals surface area contributed by atoms with Crippen molar-refractivity contribution in [3.63, 3.8) is 0 Å². The second-order valence-corrected chi connectivity index (χ2v) is 10.3. The van der Waals surface area contributed by atoms with E-state index in [0.717, 1.165) is 0 Å². The lowest BCUT2D eigenvalue weighted by molar-refractivity contribution is -0.144. The zero-order valence-corrected chi connectivity index (χ0v) is 20.0. The zero-order valence-electron chi connectivity index (χ0n) is 19.2. The molecule has 5 nitrogen and oxygen atoms in total. The predicted octanol–water partition coefficient (Wildman–Crippen LogP) is 5.71. The van der Waals surface area contributed by atoms with Crippen molar-refractivity contribution in [3.8, 4) is 5.75 Å². The van der Waals surface area contributed by atoms with Crippen LogP contribution in [0.5, 0.6) is 5.75 Å². The van der Waals surface area contributed by atoms with Gasteiger partial charge >= 0.3 is 6.18 Å². The Morgan fingerprint density at radius 2 is 1.85 bits per heavy atom. The molecule has 9 heteroatoms. The normalized spacial score (nSPS) is 19.6. The van der Waals surface area contributed by atoms with Gasteiger partial charge in [-0.3, -0.25) is 10.1 Å². The minimum atomic E-state index is -4.41. The smallest absolute Gasteiger partial charge is 0.431 e. The van der Waals surface area contributed by atoms with E-state index >= 15 is 0 Å². The van der Waals surface area contributed by atoms with Crippen molar-refractivity contribution in [2.45, 2.75) is 70.4 Å². The highest BCUT2D eigenvalue weighted by Gasteiger charge is 2.48. The molecule has 2 aliphatic rings. The number of carbonyl (C=O) groups excluding carboxylic acids is 1. The second kappa shape index (κ2) is 8.24. The number of aromatic nitrogens is 1. The fraction of sp³-hybridized carbons (Fsp3) is 0.542. The van der Waals surface area contributed by atoms with Crippen LogP contribution in [0.2, 0.25) is 5.02 Å². The van der Waals surface area contributed by atoms with Gasteiger partial charge in [0, 0.05) is 37.9 Å². The number of fused-ring (bicyclic) bond motifs is 2. The third-order valence-electron chi connectivity index (χ3n) is 6.34. The number of piperidine rings is 1. The van der Waals surface area contributed by atoms with Crippen molar-refractivity contribution in [2.75, 3.05) is 13.1 Å². The summed E-state index contributed by atoms with van der Waals surface area (Å²) in [6, 6.07) is 7.74. The highest BCUT2D eigenvalue weighted by Crippen LogP contribution is 2.43. The Hall–Kier alpha value is -2.19. The molecule has 1 amide bonds. The van der Waals surface area contributed by atoms with E-state index in [4.69, 9.17) is 16.3 Å². The highest BCUT2D eigenvalue weighted by atomic mass is 35.5. The molecule has 0 bridgehead atoms. The van der Waals surface area contributed by atoms with Gasteiger partial charge in [0.05, 0.1) is 16.7 Å². The molecule has 1 spiro atoms. The van der Waals surface area contributed by atoms with Gasteiger partial charge in [-0.1, -0.05) is 11.6 Å². The minimum absolute atomic E-state index is 0.